The summed E-state index contributed by atoms with van der Waals surface area (Å²) in [4.78, 5) is 0. The van der Waals surface area contributed by atoms with Crippen LogP contribution in [0.2, 0.25) is 0 Å². The highest BCUT2D eigenvalue weighted by Crippen LogP contribution is 2.49. The van der Waals surface area contributed by atoms with Gasteiger partial charge in [0.2, 0.25) is 0 Å². The van der Waals surface area contributed by atoms with Gasteiger partial charge in [-0.3, -0.25) is 0 Å². The van der Waals surface area contributed by atoms with Crippen LogP contribution in [0, 0.1) is 0 Å². The average Bonchev–Trinajstić information content (AvgIpc) is 3.62. The number of benzene rings is 9. The van der Waals surface area contributed by atoms with Crippen LogP contribution in [-0.4, -0.2) is 4.57 Å². The van der Waals surface area contributed by atoms with Gasteiger partial charge in [-0.15, -0.1) is 11.3 Å². The molecule has 0 saturated heterocycles. The van der Waals surface area contributed by atoms with Gasteiger partial charge in [0.25, 0.3) is 0 Å². The maximum Gasteiger partial charge on any atom is 0.0553 e. The highest BCUT2D eigenvalue weighted by Gasteiger charge is 2.21. The fourth-order valence-electron chi connectivity index (χ4n) is 8.10. The molecule has 0 amide bonds. The van der Waals surface area contributed by atoms with Crippen molar-refractivity contribution in [3.8, 4) is 5.69 Å². The number of rotatable bonds is 1. The number of hydrogen-bond acceptors (Lipinski definition) is 1. The van der Waals surface area contributed by atoms with Crippen LogP contribution in [0.25, 0.3) is 102 Å². The van der Waals surface area contributed by atoms with Crippen molar-refractivity contribution in [2.75, 3.05) is 0 Å². The van der Waals surface area contributed by atoms with E-state index in [-0.39, 0.29) is 0 Å². The minimum Gasteiger partial charge on any atom is -0.309 e. The predicted molar refractivity (Wildman–Crippen MR) is 192 cm³/mol. The third kappa shape index (κ3) is 2.80. The standard InChI is InChI=1S/C42H23NS/c1-2-10-25-21-26(20-19-24(25)9-1)43-35-17-5-3-11-29(35)41-31-15-7-13-27-28-14-8-16-32-40(28)34(33(39(27)31)22-36(41)43)23-38-42(32)30-12-4-6-18-37(30)44-38/h1-23H. The Hall–Kier alpha value is -5.44. The molecule has 44 heavy (non-hydrogen) atoms. The van der Waals surface area contributed by atoms with E-state index in [1.807, 2.05) is 11.3 Å². The lowest BCUT2D eigenvalue weighted by Crippen LogP contribution is -1.94. The molecule has 0 aliphatic carbocycles. The summed E-state index contributed by atoms with van der Waals surface area (Å²) in [5.74, 6) is 0. The first-order chi connectivity index (χ1) is 21.8. The van der Waals surface area contributed by atoms with Gasteiger partial charge in [0.1, 0.15) is 0 Å². The molecule has 0 bridgehead atoms. The molecule has 0 fully saturated rings. The van der Waals surface area contributed by atoms with Crippen molar-refractivity contribution >= 4 is 107 Å². The van der Waals surface area contributed by atoms with Crippen LogP contribution in [0.5, 0.6) is 0 Å². The van der Waals surface area contributed by atoms with Crippen LogP contribution in [0.4, 0.5) is 0 Å². The van der Waals surface area contributed by atoms with Crippen molar-refractivity contribution in [2.45, 2.75) is 0 Å². The Kier molecular flexibility index (Phi) is 4.26. The van der Waals surface area contributed by atoms with Crippen molar-refractivity contribution in [3.63, 3.8) is 0 Å². The van der Waals surface area contributed by atoms with Gasteiger partial charge in [-0.1, -0.05) is 103 Å². The van der Waals surface area contributed by atoms with Gasteiger partial charge < -0.3 is 4.57 Å². The maximum atomic E-state index is 2.49. The Labute approximate surface area is 256 Å². The number of aromatic nitrogens is 1. The maximum absolute atomic E-state index is 2.49. The van der Waals surface area contributed by atoms with Gasteiger partial charge in [0.05, 0.1) is 11.0 Å². The van der Waals surface area contributed by atoms with E-state index in [4.69, 9.17) is 0 Å². The molecule has 0 saturated carbocycles. The van der Waals surface area contributed by atoms with E-state index in [0.29, 0.717) is 0 Å². The Morgan fingerprint density at radius 3 is 1.82 bits per heavy atom. The first-order valence-corrected chi connectivity index (χ1v) is 16.0. The second-order valence-corrected chi connectivity index (χ2v) is 13.1. The number of para-hydroxylation sites is 1. The SMILES string of the molecule is c1ccc2cc(-n3c4ccccc4c4c5cccc6c7cccc8c9c(cc(c(cc43)c65)c78)sc3ccccc39)ccc2c1. The lowest BCUT2D eigenvalue weighted by molar-refractivity contribution is 1.19. The molecule has 0 atom stereocenters. The van der Waals surface area contributed by atoms with Crippen molar-refractivity contribution < 1.29 is 0 Å². The lowest BCUT2D eigenvalue weighted by atomic mass is 9.87. The van der Waals surface area contributed by atoms with Gasteiger partial charge in [-0.2, -0.15) is 0 Å². The summed E-state index contributed by atoms with van der Waals surface area (Å²) < 4.78 is 5.18. The van der Waals surface area contributed by atoms with E-state index in [1.165, 1.54) is 102 Å². The zero-order valence-corrected chi connectivity index (χ0v) is 24.5. The number of thiophene rings is 1. The van der Waals surface area contributed by atoms with Gasteiger partial charge in [-0.05, 0) is 90.3 Å². The summed E-state index contributed by atoms with van der Waals surface area (Å²) in [5.41, 5.74) is 3.69. The summed E-state index contributed by atoms with van der Waals surface area (Å²) in [6.45, 7) is 0. The van der Waals surface area contributed by atoms with Crippen LogP contribution in [0.15, 0.2) is 140 Å². The lowest BCUT2D eigenvalue weighted by Gasteiger charge is -2.17. The quantitative estimate of drug-likeness (QED) is 0.136. The van der Waals surface area contributed by atoms with Gasteiger partial charge in [0.15, 0.2) is 0 Å². The molecule has 0 radical (unpaired) electrons. The molecule has 9 aromatic carbocycles. The molecule has 0 spiro atoms. The average molecular weight is 574 g/mol. The second-order valence-electron chi connectivity index (χ2n) is 12.1. The van der Waals surface area contributed by atoms with E-state index in [2.05, 4.69) is 144 Å². The van der Waals surface area contributed by atoms with Crippen molar-refractivity contribution in [1.29, 1.82) is 0 Å². The highest BCUT2D eigenvalue weighted by atomic mass is 32.1. The molecule has 0 aliphatic rings. The number of hydrogen-bond donors (Lipinski definition) is 0. The summed E-state index contributed by atoms with van der Waals surface area (Å²) in [6.07, 6.45) is 0. The monoisotopic (exact) mass is 573 g/mol. The predicted octanol–water partition coefficient (Wildman–Crippen LogP) is 12.4. The van der Waals surface area contributed by atoms with E-state index in [1.54, 1.807) is 0 Å². The summed E-state index contributed by atoms with van der Waals surface area (Å²) in [6, 6.07) is 52.1. The Bertz CT molecular complexity index is 2990. The minimum absolute atomic E-state index is 1.19. The van der Waals surface area contributed by atoms with Gasteiger partial charge in [0, 0.05) is 36.6 Å². The molecule has 2 aromatic heterocycles. The fourth-order valence-corrected chi connectivity index (χ4v) is 9.27. The van der Waals surface area contributed by atoms with Crippen molar-refractivity contribution in [3.05, 3.63) is 140 Å². The molecule has 0 aliphatic heterocycles. The molecule has 11 rings (SSSR count). The zero-order chi connectivity index (χ0) is 28.5. The molecule has 202 valence electrons. The van der Waals surface area contributed by atoms with Crippen LogP contribution in [0.3, 0.4) is 0 Å². The summed E-state index contributed by atoms with van der Waals surface area (Å²) in [5, 5.41) is 18.6. The molecular formula is C42H23NS. The number of nitrogens with zero attached hydrogens (tertiary/aromatic N) is 1. The van der Waals surface area contributed by atoms with Crippen molar-refractivity contribution in [2.24, 2.45) is 0 Å². The van der Waals surface area contributed by atoms with E-state index < -0.39 is 0 Å². The van der Waals surface area contributed by atoms with Crippen LogP contribution >= 0.6 is 11.3 Å². The minimum atomic E-state index is 1.19. The van der Waals surface area contributed by atoms with Crippen molar-refractivity contribution in [1.82, 2.24) is 4.57 Å². The summed E-state index contributed by atoms with van der Waals surface area (Å²) in [7, 11) is 0. The normalized spacial score (nSPS) is 12.5. The molecule has 2 heterocycles. The molecular weight excluding hydrogens is 551 g/mol. The Balaban J connectivity index is 1.40. The zero-order valence-electron chi connectivity index (χ0n) is 23.6. The van der Waals surface area contributed by atoms with Crippen LogP contribution in [-0.2, 0) is 0 Å². The molecule has 0 N–H and O–H groups in total. The molecule has 0 unspecified atom stereocenters. The molecule has 1 nitrogen and oxygen atoms in total. The topological polar surface area (TPSA) is 4.93 Å². The first-order valence-electron chi connectivity index (χ1n) is 15.2. The molecule has 2 heteroatoms. The second kappa shape index (κ2) is 8.13. The van der Waals surface area contributed by atoms with Crippen LogP contribution in [0.1, 0.15) is 0 Å². The largest absolute Gasteiger partial charge is 0.309 e. The van der Waals surface area contributed by atoms with Gasteiger partial charge in [-0.25, -0.2) is 0 Å². The van der Waals surface area contributed by atoms with E-state index in [0.717, 1.165) is 0 Å². The van der Waals surface area contributed by atoms with Crippen LogP contribution < -0.4 is 0 Å². The smallest absolute Gasteiger partial charge is 0.0553 e. The third-order valence-corrected chi connectivity index (χ3v) is 11.0. The number of fused-ring (bicyclic) bond motifs is 11. The third-order valence-electron chi connectivity index (χ3n) is 9.87. The first kappa shape index (κ1) is 23.1. The molecule has 11 aromatic rings. The summed E-state index contributed by atoms with van der Waals surface area (Å²) >= 11 is 1.91. The highest BCUT2D eigenvalue weighted by molar-refractivity contribution is 7.26. The van der Waals surface area contributed by atoms with E-state index >= 15 is 0 Å². The van der Waals surface area contributed by atoms with Gasteiger partial charge >= 0.3 is 0 Å². The Morgan fingerprint density at radius 1 is 0.341 bits per heavy atom. The Morgan fingerprint density at radius 2 is 0.977 bits per heavy atom. The fraction of sp³-hybridized carbons (Fsp3) is 0. The van der Waals surface area contributed by atoms with E-state index in [9.17, 15) is 0 Å².